The van der Waals surface area contributed by atoms with Crippen molar-refractivity contribution in [1.82, 2.24) is 0 Å². The molecule has 0 rings (SSSR count). The lowest BCUT2D eigenvalue weighted by Gasteiger charge is -2.29. The quantitative estimate of drug-likeness (QED) is 0.564. The summed E-state index contributed by atoms with van der Waals surface area (Å²) in [6.45, 7) is 11.5. The fourth-order valence-electron chi connectivity index (χ4n) is 1.95. The van der Waals surface area contributed by atoms with Crippen LogP contribution in [-0.4, -0.2) is 16.3 Å². The highest BCUT2D eigenvalue weighted by atomic mass is 27.0. The van der Waals surface area contributed by atoms with Gasteiger partial charge < -0.3 is 0 Å². The fourth-order valence-corrected chi connectivity index (χ4v) is 2.89. The average molecular weight is 168 g/mol. The van der Waals surface area contributed by atoms with Crippen LogP contribution in [0.5, 0.6) is 0 Å². The maximum atomic E-state index is 3.00. The van der Waals surface area contributed by atoms with Gasteiger partial charge in [-0.1, -0.05) is 51.7 Å². The summed E-state index contributed by atoms with van der Waals surface area (Å²) in [6.07, 6.45) is 2.63. The lowest BCUT2D eigenvalue weighted by atomic mass is 9.90. The smallest absolute Gasteiger partial charge is 0.0989 e. The Balaban J connectivity index is 3.79. The van der Waals surface area contributed by atoms with Crippen molar-refractivity contribution in [2.75, 3.05) is 0 Å². The molecule has 0 spiro atoms. The van der Waals surface area contributed by atoms with Gasteiger partial charge in [-0.3, -0.25) is 0 Å². The summed E-state index contributed by atoms with van der Waals surface area (Å²) >= 11 is 3.00. The zero-order valence-corrected chi connectivity index (χ0v) is 9.80. The summed E-state index contributed by atoms with van der Waals surface area (Å²) in [4.78, 5) is 0. The molecule has 0 aromatic rings. The van der Waals surface area contributed by atoms with Gasteiger partial charge in [-0.05, 0) is 11.8 Å². The summed E-state index contributed by atoms with van der Waals surface area (Å²) < 4.78 is 0.461. The molecular formula is C10H21Al. The van der Waals surface area contributed by atoms with Crippen molar-refractivity contribution in [3.8, 4) is 0 Å². The van der Waals surface area contributed by atoms with Gasteiger partial charge in [-0.25, -0.2) is 0 Å². The van der Waals surface area contributed by atoms with Crippen LogP contribution in [0.4, 0.5) is 0 Å². The molecule has 0 saturated heterocycles. The second kappa shape index (κ2) is 4.53. The predicted molar refractivity (Wildman–Crippen MR) is 53.0 cm³/mol. The molecule has 0 aliphatic heterocycles. The van der Waals surface area contributed by atoms with Crippen LogP contribution in [0.15, 0.2) is 0 Å². The molecular weight excluding hydrogens is 147 g/mol. The SMILES string of the molecule is CC(C)C[C](C)([Al])CC(C)C. The van der Waals surface area contributed by atoms with Gasteiger partial charge in [-0.2, -0.15) is 0 Å². The molecule has 0 nitrogen and oxygen atoms in total. The van der Waals surface area contributed by atoms with Crippen LogP contribution in [0.25, 0.3) is 0 Å². The molecule has 0 bridgehead atoms. The molecule has 1 heteroatoms. The molecule has 0 fully saturated rings. The Kier molecular flexibility index (Phi) is 4.75. The maximum Gasteiger partial charge on any atom is 0.129 e. The lowest BCUT2D eigenvalue weighted by Crippen LogP contribution is -2.14. The summed E-state index contributed by atoms with van der Waals surface area (Å²) in [7, 11) is 0. The van der Waals surface area contributed by atoms with Gasteiger partial charge in [0.05, 0.1) is 0 Å². The Hall–Kier alpha value is 0.532. The standard InChI is InChI=1S/C10H21.Al/c1-8(2)6-10(5)7-9(3)4;/h8-9H,6-7H2,1-5H3;. The van der Waals surface area contributed by atoms with E-state index >= 15 is 0 Å². The molecule has 64 valence electrons. The molecule has 0 aromatic heterocycles. The number of rotatable bonds is 4. The largest absolute Gasteiger partial charge is 0.129 e. The van der Waals surface area contributed by atoms with E-state index in [1.807, 2.05) is 0 Å². The maximum absolute atomic E-state index is 3.00. The van der Waals surface area contributed by atoms with Gasteiger partial charge in [0.1, 0.15) is 16.3 Å². The minimum atomic E-state index is 0.461. The van der Waals surface area contributed by atoms with Gasteiger partial charge in [0.2, 0.25) is 0 Å². The Morgan fingerprint density at radius 2 is 1.27 bits per heavy atom. The Bertz CT molecular complexity index is 91.4. The highest BCUT2D eigenvalue weighted by Gasteiger charge is 2.18. The third-order valence-corrected chi connectivity index (χ3v) is 2.22. The minimum Gasteiger partial charge on any atom is -0.0989 e. The first-order chi connectivity index (χ1) is 4.83. The van der Waals surface area contributed by atoms with Crippen molar-refractivity contribution < 1.29 is 0 Å². The van der Waals surface area contributed by atoms with E-state index in [1.165, 1.54) is 12.8 Å². The van der Waals surface area contributed by atoms with Crippen LogP contribution in [0.1, 0.15) is 47.5 Å². The zero-order valence-electron chi connectivity index (χ0n) is 8.65. The van der Waals surface area contributed by atoms with Crippen molar-refractivity contribution in [2.24, 2.45) is 11.8 Å². The molecule has 0 N–H and O–H groups in total. The first-order valence-electron chi connectivity index (χ1n) is 4.62. The fraction of sp³-hybridized carbons (Fsp3) is 1.00. The molecule has 11 heavy (non-hydrogen) atoms. The van der Waals surface area contributed by atoms with Crippen LogP contribution >= 0.6 is 0 Å². The lowest BCUT2D eigenvalue weighted by molar-refractivity contribution is 0.386. The van der Waals surface area contributed by atoms with E-state index in [-0.39, 0.29) is 0 Å². The molecule has 0 aliphatic rings. The first-order valence-corrected chi connectivity index (χ1v) is 5.20. The molecule has 0 heterocycles. The molecule has 0 saturated carbocycles. The summed E-state index contributed by atoms with van der Waals surface area (Å²) in [5, 5.41) is 0. The third-order valence-electron chi connectivity index (χ3n) is 1.75. The van der Waals surface area contributed by atoms with E-state index in [0.717, 1.165) is 11.8 Å². The van der Waals surface area contributed by atoms with Gasteiger partial charge in [0, 0.05) is 0 Å². The summed E-state index contributed by atoms with van der Waals surface area (Å²) in [5.41, 5.74) is 0. The van der Waals surface area contributed by atoms with Crippen molar-refractivity contribution in [1.29, 1.82) is 0 Å². The molecule has 0 atom stereocenters. The van der Waals surface area contributed by atoms with Gasteiger partial charge in [-0.15, -0.1) is 0 Å². The van der Waals surface area contributed by atoms with Gasteiger partial charge in [0.25, 0.3) is 0 Å². The number of hydrogen-bond acceptors (Lipinski definition) is 0. The van der Waals surface area contributed by atoms with Gasteiger partial charge >= 0.3 is 0 Å². The van der Waals surface area contributed by atoms with E-state index in [4.69, 9.17) is 0 Å². The van der Waals surface area contributed by atoms with Gasteiger partial charge in [0.15, 0.2) is 0 Å². The van der Waals surface area contributed by atoms with Crippen LogP contribution in [0, 0.1) is 11.8 Å². The Morgan fingerprint density at radius 3 is 1.45 bits per heavy atom. The average Bonchev–Trinajstić information content (AvgIpc) is 1.53. The second-order valence-corrected chi connectivity index (χ2v) is 6.24. The Labute approximate surface area is 80.2 Å². The topological polar surface area (TPSA) is 0 Å². The summed E-state index contributed by atoms with van der Waals surface area (Å²) in [5.74, 6) is 1.63. The van der Waals surface area contributed by atoms with E-state index in [2.05, 4.69) is 50.9 Å². The number of hydrogen-bond donors (Lipinski definition) is 0. The van der Waals surface area contributed by atoms with Crippen LogP contribution in [0.3, 0.4) is 0 Å². The van der Waals surface area contributed by atoms with E-state index in [9.17, 15) is 0 Å². The zero-order chi connectivity index (χ0) is 9.07. The van der Waals surface area contributed by atoms with Crippen molar-refractivity contribution >= 4 is 16.3 Å². The van der Waals surface area contributed by atoms with E-state index in [1.54, 1.807) is 0 Å². The highest BCUT2D eigenvalue weighted by Crippen LogP contribution is 2.36. The predicted octanol–water partition coefficient (Wildman–Crippen LogP) is 3.43. The highest BCUT2D eigenvalue weighted by molar-refractivity contribution is 6.14. The van der Waals surface area contributed by atoms with Crippen LogP contribution in [0.2, 0.25) is 4.28 Å². The normalized spacial score (nSPS) is 13.0. The van der Waals surface area contributed by atoms with Crippen LogP contribution < -0.4 is 0 Å². The second-order valence-electron chi connectivity index (χ2n) is 4.85. The Morgan fingerprint density at radius 1 is 1.00 bits per heavy atom. The molecule has 0 aromatic carbocycles. The monoisotopic (exact) mass is 168 g/mol. The summed E-state index contributed by atoms with van der Waals surface area (Å²) in [6, 6.07) is 0. The molecule has 0 amide bonds. The third kappa shape index (κ3) is 6.91. The van der Waals surface area contributed by atoms with E-state index in [0.29, 0.717) is 4.28 Å². The molecule has 2 radical (unpaired) electrons. The molecule has 0 aliphatic carbocycles. The minimum absolute atomic E-state index is 0.461. The van der Waals surface area contributed by atoms with Crippen molar-refractivity contribution in [3.05, 3.63) is 0 Å². The van der Waals surface area contributed by atoms with Crippen molar-refractivity contribution in [2.45, 2.75) is 51.7 Å². The van der Waals surface area contributed by atoms with Crippen molar-refractivity contribution in [3.63, 3.8) is 0 Å². The van der Waals surface area contributed by atoms with E-state index < -0.39 is 0 Å². The first kappa shape index (κ1) is 11.5. The molecule has 0 unspecified atom stereocenters. The van der Waals surface area contributed by atoms with Crippen LogP contribution in [-0.2, 0) is 0 Å².